The lowest BCUT2D eigenvalue weighted by Crippen LogP contribution is -2.44. The number of hydrogen-bond acceptors (Lipinski definition) is 7. The number of carbonyl (C=O) groups is 1. The Morgan fingerprint density at radius 2 is 1.82 bits per heavy atom. The first-order chi connectivity index (χ1) is 16.3. The van der Waals surface area contributed by atoms with Crippen LogP contribution < -0.4 is 5.32 Å². The summed E-state index contributed by atoms with van der Waals surface area (Å²) in [6.45, 7) is 0. The van der Waals surface area contributed by atoms with Crippen LogP contribution >= 0.6 is 11.3 Å². The Morgan fingerprint density at radius 3 is 2.64 bits per heavy atom. The van der Waals surface area contributed by atoms with Gasteiger partial charge in [0.25, 0.3) is 5.91 Å². The van der Waals surface area contributed by atoms with E-state index in [0.717, 1.165) is 35.2 Å². The van der Waals surface area contributed by atoms with Gasteiger partial charge in [-0.05, 0) is 43.2 Å². The van der Waals surface area contributed by atoms with Crippen LogP contribution in [-0.4, -0.2) is 41.7 Å². The molecular weight excluding hydrogens is 434 g/mol. The Balaban J connectivity index is 1.23. The summed E-state index contributed by atoms with van der Waals surface area (Å²) in [5.74, 6) is 1.71. The Hall–Kier alpha value is -3.98. The van der Waals surface area contributed by atoms with E-state index in [4.69, 9.17) is 0 Å². The predicted octanol–water partition coefficient (Wildman–Crippen LogP) is 4.01. The molecule has 0 spiro atoms. The molecule has 1 saturated carbocycles. The highest BCUT2D eigenvalue weighted by Gasteiger charge is 2.36. The van der Waals surface area contributed by atoms with Gasteiger partial charge >= 0.3 is 0 Å². The fourth-order valence-electron chi connectivity index (χ4n) is 4.24. The van der Waals surface area contributed by atoms with E-state index in [9.17, 15) is 4.79 Å². The van der Waals surface area contributed by atoms with E-state index in [1.807, 2.05) is 47.8 Å². The van der Waals surface area contributed by atoms with Crippen LogP contribution in [0.1, 0.15) is 34.9 Å². The SMILES string of the molecule is O=C(NC1CC(c2nnc(-c3nccs3)n2-c2ccccc2)C1)c1ccnc2cccnc12. The summed E-state index contributed by atoms with van der Waals surface area (Å²) in [6.07, 6.45) is 6.69. The number of rotatable bonds is 5. The van der Waals surface area contributed by atoms with Gasteiger partial charge in [0, 0.05) is 41.6 Å². The molecule has 4 aromatic heterocycles. The second kappa shape index (κ2) is 8.18. The lowest BCUT2D eigenvalue weighted by atomic mass is 9.79. The second-order valence-electron chi connectivity index (χ2n) is 7.96. The highest BCUT2D eigenvalue weighted by Crippen LogP contribution is 2.39. The van der Waals surface area contributed by atoms with Crippen LogP contribution in [0.5, 0.6) is 0 Å². The lowest BCUT2D eigenvalue weighted by Gasteiger charge is -2.35. The van der Waals surface area contributed by atoms with Crippen molar-refractivity contribution >= 4 is 28.3 Å². The normalized spacial score (nSPS) is 17.6. The van der Waals surface area contributed by atoms with E-state index >= 15 is 0 Å². The fraction of sp³-hybridized carbons (Fsp3) is 0.167. The van der Waals surface area contributed by atoms with Crippen LogP contribution in [0.15, 0.2) is 72.5 Å². The quantitative estimate of drug-likeness (QED) is 0.432. The average molecular weight is 454 g/mol. The van der Waals surface area contributed by atoms with Gasteiger partial charge in [-0.25, -0.2) is 4.98 Å². The van der Waals surface area contributed by atoms with Gasteiger partial charge in [-0.15, -0.1) is 21.5 Å². The Kier molecular flexibility index (Phi) is 4.88. The third-order valence-electron chi connectivity index (χ3n) is 5.91. The standard InChI is InChI=1S/C24H19N7OS/c32-23(18-8-10-25-19-7-4-9-26-20(18)19)28-16-13-15(14-16)21-29-30-22(24-27-11-12-33-24)31(21)17-5-2-1-3-6-17/h1-12,15-16H,13-14H2,(H,28,32). The monoisotopic (exact) mass is 453 g/mol. The van der Waals surface area contributed by atoms with E-state index in [1.54, 1.807) is 36.0 Å². The lowest BCUT2D eigenvalue weighted by molar-refractivity contribution is 0.0908. The maximum absolute atomic E-state index is 12.9. The van der Waals surface area contributed by atoms with Crippen LogP contribution in [0.2, 0.25) is 0 Å². The molecule has 4 heterocycles. The first-order valence-electron chi connectivity index (χ1n) is 10.7. The molecule has 1 N–H and O–H groups in total. The molecule has 0 aliphatic heterocycles. The van der Waals surface area contributed by atoms with E-state index in [0.29, 0.717) is 16.6 Å². The average Bonchev–Trinajstić information content (AvgIpc) is 3.51. The second-order valence-corrected chi connectivity index (χ2v) is 8.85. The summed E-state index contributed by atoms with van der Waals surface area (Å²) in [5, 5.41) is 14.9. The molecule has 6 rings (SSSR count). The van der Waals surface area contributed by atoms with Crippen LogP contribution in [-0.2, 0) is 0 Å². The Bertz CT molecular complexity index is 1420. The van der Waals surface area contributed by atoms with E-state index < -0.39 is 0 Å². The summed E-state index contributed by atoms with van der Waals surface area (Å²) in [4.78, 5) is 26.0. The number of amides is 1. The number of nitrogens with zero attached hydrogens (tertiary/aromatic N) is 6. The predicted molar refractivity (Wildman–Crippen MR) is 125 cm³/mol. The smallest absolute Gasteiger partial charge is 0.253 e. The molecule has 0 unspecified atom stereocenters. The third kappa shape index (κ3) is 3.56. The first kappa shape index (κ1) is 19.7. The molecule has 162 valence electrons. The first-order valence-corrected chi connectivity index (χ1v) is 11.6. The summed E-state index contributed by atoms with van der Waals surface area (Å²) in [7, 11) is 0. The van der Waals surface area contributed by atoms with Crippen LogP contribution in [0.3, 0.4) is 0 Å². The molecule has 0 radical (unpaired) electrons. The van der Waals surface area contributed by atoms with Gasteiger partial charge in [0.1, 0.15) is 11.3 Å². The number of fused-ring (bicyclic) bond motifs is 1. The molecule has 5 aromatic rings. The van der Waals surface area contributed by atoms with Crippen molar-refractivity contribution in [2.75, 3.05) is 0 Å². The third-order valence-corrected chi connectivity index (χ3v) is 6.67. The number of pyridine rings is 2. The van der Waals surface area contributed by atoms with E-state index in [-0.39, 0.29) is 17.9 Å². The summed E-state index contributed by atoms with van der Waals surface area (Å²) < 4.78 is 2.09. The van der Waals surface area contributed by atoms with Crippen LogP contribution in [0.25, 0.3) is 27.6 Å². The van der Waals surface area contributed by atoms with Crippen LogP contribution in [0.4, 0.5) is 0 Å². The number of thiazole rings is 1. The molecular formula is C24H19N7OS. The Labute approximate surface area is 193 Å². The van der Waals surface area contributed by atoms with Gasteiger partial charge in [0.05, 0.1) is 11.1 Å². The topological polar surface area (TPSA) is 98.5 Å². The number of para-hydroxylation sites is 1. The minimum absolute atomic E-state index is 0.0682. The summed E-state index contributed by atoms with van der Waals surface area (Å²) in [6, 6.07) is 15.5. The van der Waals surface area contributed by atoms with Gasteiger partial charge in [0.2, 0.25) is 0 Å². The van der Waals surface area contributed by atoms with Crippen molar-refractivity contribution in [1.82, 2.24) is 35.0 Å². The van der Waals surface area contributed by atoms with Crippen molar-refractivity contribution in [3.8, 4) is 16.5 Å². The molecule has 0 atom stereocenters. The fourth-order valence-corrected chi connectivity index (χ4v) is 4.85. The number of carbonyl (C=O) groups excluding carboxylic acids is 1. The van der Waals surface area contributed by atoms with Crippen LogP contribution in [0, 0.1) is 0 Å². The molecule has 1 aromatic carbocycles. The van der Waals surface area contributed by atoms with Crippen molar-refractivity contribution in [3.63, 3.8) is 0 Å². The van der Waals surface area contributed by atoms with Gasteiger partial charge in [-0.2, -0.15) is 0 Å². The largest absolute Gasteiger partial charge is 0.349 e. The summed E-state index contributed by atoms with van der Waals surface area (Å²) >= 11 is 1.54. The van der Waals surface area contributed by atoms with Gasteiger partial charge in [0.15, 0.2) is 10.8 Å². The zero-order valence-corrected chi connectivity index (χ0v) is 18.3. The molecule has 0 saturated heterocycles. The minimum Gasteiger partial charge on any atom is -0.349 e. The van der Waals surface area contributed by atoms with Crippen molar-refractivity contribution in [1.29, 1.82) is 0 Å². The summed E-state index contributed by atoms with van der Waals surface area (Å²) in [5.41, 5.74) is 2.87. The Morgan fingerprint density at radius 1 is 0.939 bits per heavy atom. The molecule has 0 bridgehead atoms. The maximum atomic E-state index is 12.9. The molecule has 1 aliphatic rings. The van der Waals surface area contributed by atoms with Crippen molar-refractivity contribution in [2.24, 2.45) is 0 Å². The van der Waals surface area contributed by atoms with Gasteiger partial charge < -0.3 is 5.32 Å². The van der Waals surface area contributed by atoms with Crippen molar-refractivity contribution in [2.45, 2.75) is 24.8 Å². The van der Waals surface area contributed by atoms with Crippen molar-refractivity contribution in [3.05, 3.63) is 83.9 Å². The number of hydrogen-bond donors (Lipinski definition) is 1. The molecule has 33 heavy (non-hydrogen) atoms. The maximum Gasteiger partial charge on any atom is 0.253 e. The van der Waals surface area contributed by atoms with E-state index in [1.165, 1.54) is 0 Å². The number of nitrogens with one attached hydrogen (secondary N) is 1. The van der Waals surface area contributed by atoms with Crippen molar-refractivity contribution < 1.29 is 4.79 Å². The zero-order chi connectivity index (χ0) is 22.2. The highest BCUT2D eigenvalue weighted by molar-refractivity contribution is 7.13. The molecule has 1 fully saturated rings. The molecule has 8 nitrogen and oxygen atoms in total. The van der Waals surface area contributed by atoms with Gasteiger partial charge in [-0.3, -0.25) is 19.3 Å². The molecule has 1 amide bonds. The molecule has 9 heteroatoms. The molecule has 1 aliphatic carbocycles. The number of aromatic nitrogens is 6. The van der Waals surface area contributed by atoms with E-state index in [2.05, 4.69) is 35.0 Å². The highest BCUT2D eigenvalue weighted by atomic mass is 32.1. The zero-order valence-electron chi connectivity index (χ0n) is 17.5. The number of benzene rings is 1. The van der Waals surface area contributed by atoms with Gasteiger partial charge in [-0.1, -0.05) is 18.2 Å². The minimum atomic E-state index is -0.127.